The number of esters is 1. The number of hydrogen-bond acceptors (Lipinski definition) is 5. The Morgan fingerprint density at radius 1 is 1.03 bits per heavy atom. The summed E-state index contributed by atoms with van der Waals surface area (Å²) in [6.45, 7) is 1.24. The second-order valence-corrected chi connectivity index (χ2v) is 8.45. The molecule has 2 heterocycles. The molecule has 31 heavy (non-hydrogen) atoms. The Morgan fingerprint density at radius 2 is 1.87 bits per heavy atom. The van der Waals surface area contributed by atoms with Crippen molar-refractivity contribution >= 4 is 5.97 Å². The van der Waals surface area contributed by atoms with Crippen LogP contribution in [0.5, 0.6) is 5.75 Å². The molecule has 3 atom stereocenters. The quantitative estimate of drug-likeness (QED) is 0.457. The first-order valence-corrected chi connectivity index (χ1v) is 11.4. The predicted octanol–water partition coefficient (Wildman–Crippen LogP) is 5.10. The molecule has 1 fully saturated rings. The van der Waals surface area contributed by atoms with Gasteiger partial charge >= 0.3 is 5.97 Å². The molecule has 0 aliphatic carbocycles. The predicted molar refractivity (Wildman–Crippen MR) is 118 cm³/mol. The maximum Gasteiger partial charge on any atom is 0.342 e. The molecule has 166 valence electrons. The third-order valence-corrected chi connectivity index (χ3v) is 6.15. The second-order valence-electron chi connectivity index (χ2n) is 8.45. The van der Waals surface area contributed by atoms with E-state index < -0.39 is 0 Å². The van der Waals surface area contributed by atoms with Crippen LogP contribution >= 0.6 is 0 Å². The number of methoxy groups -OCH3 is 1. The fraction of sp³-hybridized carbons (Fsp3) is 0.500. The zero-order valence-electron chi connectivity index (χ0n) is 18.3. The molecule has 0 spiro atoms. The molecule has 4 rings (SSSR count). The summed E-state index contributed by atoms with van der Waals surface area (Å²) in [5.74, 6) is 0.281. The van der Waals surface area contributed by atoms with Crippen LogP contribution in [-0.2, 0) is 27.2 Å². The molecule has 2 aromatic rings. The third-order valence-electron chi connectivity index (χ3n) is 6.15. The highest BCUT2D eigenvalue weighted by Crippen LogP contribution is 2.32. The van der Waals surface area contributed by atoms with Crippen molar-refractivity contribution in [1.29, 1.82) is 0 Å². The lowest BCUT2D eigenvalue weighted by Crippen LogP contribution is -2.35. The van der Waals surface area contributed by atoms with Crippen LogP contribution in [0.25, 0.3) is 0 Å². The van der Waals surface area contributed by atoms with Crippen LogP contribution in [0.4, 0.5) is 0 Å². The van der Waals surface area contributed by atoms with E-state index >= 15 is 0 Å². The molecular weight excluding hydrogens is 392 g/mol. The van der Waals surface area contributed by atoms with Gasteiger partial charge in [0.15, 0.2) is 0 Å². The first kappa shape index (κ1) is 21.8. The van der Waals surface area contributed by atoms with Crippen LogP contribution in [0.2, 0.25) is 0 Å². The zero-order chi connectivity index (χ0) is 21.5. The highest BCUT2D eigenvalue weighted by atomic mass is 16.6. The average Bonchev–Trinajstić information content (AvgIpc) is 2.79. The lowest BCUT2D eigenvalue weighted by Gasteiger charge is -2.34. The maximum atomic E-state index is 13.1. The van der Waals surface area contributed by atoms with Crippen molar-refractivity contribution in [3.63, 3.8) is 0 Å². The minimum atomic E-state index is -0.289. The SMILES string of the molecule is COc1cccc2c1C(=O)O[C@H](CCCOCc1ccccc1)C[C@H]1CCC[C@H](C2)O1. The minimum Gasteiger partial charge on any atom is -0.496 e. The molecule has 2 aliphatic heterocycles. The monoisotopic (exact) mass is 424 g/mol. The van der Waals surface area contributed by atoms with Gasteiger partial charge < -0.3 is 18.9 Å². The molecule has 2 bridgehead atoms. The Kier molecular flexibility index (Phi) is 7.60. The van der Waals surface area contributed by atoms with Crippen LogP contribution in [0.15, 0.2) is 48.5 Å². The van der Waals surface area contributed by atoms with Crippen molar-refractivity contribution in [1.82, 2.24) is 0 Å². The van der Waals surface area contributed by atoms with Gasteiger partial charge in [0, 0.05) is 13.0 Å². The van der Waals surface area contributed by atoms with Crippen LogP contribution in [-0.4, -0.2) is 38.0 Å². The average molecular weight is 425 g/mol. The molecule has 5 heteroatoms. The number of hydrogen-bond donors (Lipinski definition) is 0. The normalized spacial score (nSPS) is 23.5. The molecule has 2 aromatic carbocycles. The molecule has 0 N–H and O–H groups in total. The smallest absolute Gasteiger partial charge is 0.342 e. The highest BCUT2D eigenvalue weighted by molar-refractivity contribution is 5.94. The second kappa shape index (κ2) is 10.8. The van der Waals surface area contributed by atoms with Gasteiger partial charge in [-0.3, -0.25) is 0 Å². The van der Waals surface area contributed by atoms with Gasteiger partial charge in [-0.1, -0.05) is 42.5 Å². The first-order valence-electron chi connectivity index (χ1n) is 11.4. The van der Waals surface area contributed by atoms with E-state index in [0.717, 1.165) is 56.1 Å². The summed E-state index contributed by atoms with van der Waals surface area (Å²) in [5.41, 5.74) is 2.66. The van der Waals surface area contributed by atoms with E-state index in [9.17, 15) is 4.79 Å². The fourth-order valence-electron chi connectivity index (χ4n) is 4.60. The van der Waals surface area contributed by atoms with E-state index in [-0.39, 0.29) is 24.3 Å². The summed E-state index contributed by atoms with van der Waals surface area (Å²) >= 11 is 0. The number of carbonyl (C=O) groups excluding carboxylic acids is 1. The molecule has 0 amide bonds. The van der Waals surface area contributed by atoms with E-state index in [0.29, 0.717) is 24.5 Å². The summed E-state index contributed by atoms with van der Waals surface area (Å²) in [6.07, 6.45) is 6.36. The van der Waals surface area contributed by atoms with Gasteiger partial charge in [0.25, 0.3) is 0 Å². The summed E-state index contributed by atoms with van der Waals surface area (Å²) in [7, 11) is 1.59. The van der Waals surface area contributed by atoms with Gasteiger partial charge in [-0.2, -0.15) is 0 Å². The van der Waals surface area contributed by atoms with E-state index in [1.165, 1.54) is 0 Å². The number of cyclic esters (lactones) is 1. The Balaban J connectivity index is 1.41. The van der Waals surface area contributed by atoms with Crippen molar-refractivity contribution in [2.75, 3.05) is 13.7 Å². The number of carbonyl (C=O) groups is 1. The minimum absolute atomic E-state index is 0.144. The molecule has 2 aliphatic rings. The summed E-state index contributed by atoms with van der Waals surface area (Å²) in [5, 5.41) is 0. The third kappa shape index (κ3) is 5.86. The number of fused-ring (bicyclic) bond motifs is 3. The van der Waals surface area contributed by atoms with E-state index in [1.54, 1.807) is 7.11 Å². The Hall–Kier alpha value is -2.37. The molecule has 5 nitrogen and oxygen atoms in total. The Labute approximate surface area is 184 Å². The van der Waals surface area contributed by atoms with E-state index in [4.69, 9.17) is 18.9 Å². The lowest BCUT2D eigenvalue weighted by atomic mass is 9.92. The topological polar surface area (TPSA) is 54.0 Å². The van der Waals surface area contributed by atoms with Crippen LogP contribution in [0.3, 0.4) is 0 Å². The first-order chi connectivity index (χ1) is 15.2. The Morgan fingerprint density at radius 3 is 2.71 bits per heavy atom. The number of benzene rings is 2. The summed E-state index contributed by atoms with van der Waals surface area (Å²) < 4.78 is 23.7. The van der Waals surface area contributed by atoms with Gasteiger partial charge in [0.1, 0.15) is 17.4 Å². The van der Waals surface area contributed by atoms with Gasteiger partial charge in [0.2, 0.25) is 0 Å². The van der Waals surface area contributed by atoms with Crippen molar-refractivity contribution in [2.45, 2.75) is 69.9 Å². The van der Waals surface area contributed by atoms with Crippen LogP contribution in [0, 0.1) is 0 Å². The van der Waals surface area contributed by atoms with Gasteiger partial charge in [0.05, 0.1) is 25.9 Å². The Bertz CT molecular complexity index is 850. The fourth-order valence-corrected chi connectivity index (χ4v) is 4.60. The van der Waals surface area contributed by atoms with Gasteiger partial charge in [-0.05, 0) is 55.7 Å². The van der Waals surface area contributed by atoms with E-state index in [2.05, 4.69) is 12.1 Å². The van der Waals surface area contributed by atoms with Gasteiger partial charge in [-0.25, -0.2) is 4.79 Å². The standard InChI is InChI=1S/C26H32O5/c1-28-24-14-5-10-20-16-21-11-6-12-22(30-21)17-23(31-26(27)25(20)24)13-7-15-29-18-19-8-3-2-4-9-19/h2-5,8-10,14,21-23H,6-7,11-13,15-18H2,1H3/t21-,22-,23-/m1/s1. The van der Waals surface area contributed by atoms with Gasteiger partial charge in [-0.15, -0.1) is 0 Å². The van der Waals surface area contributed by atoms with E-state index in [1.807, 2.05) is 36.4 Å². The van der Waals surface area contributed by atoms with Crippen molar-refractivity contribution < 1.29 is 23.7 Å². The maximum absolute atomic E-state index is 13.1. The van der Waals surface area contributed by atoms with Crippen LogP contribution < -0.4 is 4.74 Å². The molecular formula is C26H32O5. The largest absolute Gasteiger partial charge is 0.496 e. The number of ether oxygens (including phenoxy) is 4. The summed E-state index contributed by atoms with van der Waals surface area (Å²) in [6, 6.07) is 15.9. The molecule has 0 radical (unpaired) electrons. The zero-order valence-corrected chi connectivity index (χ0v) is 18.3. The number of rotatable bonds is 7. The highest BCUT2D eigenvalue weighted by Gasteiger charge is 2.31. The molecule has 1 saturated heterocycles. The molecule has 0 saturated carbocycles. The van der Waals surface area contributed by atoms with Crippen molar-refractivity contribution in [2.24, 2.45) is 0 Å². The van der Waals surface area contributed by atoms with Crippen molar-refractivity contribution in [3.05, 3.63) is 65.2 Å². The van der Waals surface area contributed by atoms with Crippen molar-refractivity contribution in [3.8, 4) is 5.75 Å². The summed E-state index contributed by atoms with van der Waals surface area (Å²) in [4.78, 5) is 13.1. The van der Waals surface area contributed by atoms with Crippen LogP contribution in [0.1, 0.15) is 60.0 Å². The molecule has 0 aromatic heterocycles. The lowest BCUT2D eigenvalue weighted by molar-refractivity contribution is -0.0742. The molecule has 0 unspecified atom stereocenters.